The minimum absolute atomic E-state index is 0.0213. The lowest BCUT2D eigenvalue weighted by atomic mass is 10.2. The summed E-state index contributed by atoms with van der Waals surface area (Å²) in [6, 6.07) is 5.01. The highest BCUT2D eigenvalue weighted by atomic mass is 35.5. The van der Waals surface area contributed by atoms with Gasteiger partial charge in [-0.25, -0.2) is 19.7 Å². The van der Waals surface area contributed by atoms with Crippen LogP contribution in [0.1, 0.15) is 21.7 Å². The quantitative estimate of drug-likeness (QED) is 0.842. The normalized spacial score (nSPS) is 13.4. The van der Waals surface area contributed by atoms with Crippen LogP contribution < -0.4 is 4.90 Å². The van der Waals surface area contributed by atoms with Crippen molar-refractivity contribution in [2.24, 2.45) is 0 Å². The van der Waals surface area contributed by atoms with E-state index in [9.17, 15) is 4.79 Å². The van der Waals surface area contributed by atoms with Crippen molar-refractivity contribution in [2.75, 3.05) is 4.90 Å². The molecule has 3 rings (SSSR count). The summed E-state index contributed by atoms with van der Waals surface area (Å²) in [7, 11) is 0. The molecule has 1 aliphatic rings. The standard InChI is InChI=1S/C12H9ClN4O2/c13-10-2-1-7-5-17(6-9(7)15-10)12-14-4-3-8(16-12)11(18)19/h1-4H,5-6H2,(H,18,19). The van der Waals surface area contributed by atoms with Crippen LogP contribution in [0.15, 0.2) is 24.4 Å². The fourth-order valence-electron chi connectivity index (χ4n) is 1.99. The van der Waals surface area contributed by atoms with E-state index in [0.29, 0.717) is 24.2 Å². The maximum absolute atomic E-state index is 10.9. The molecule has 0 fully saturated rings. The average molecular weight is 277 g/mol. The lowest BCUT2D eigenvalue weighted by Gasteiger charge is -2.14. The first kappa shape index (κ1) is 11.9. The molecule has 7 heteroatoms. The second-order valence-corrected chi connectivity index (χ2v) is 4.53. The van der Waals surface area contributed by atoms with Gasteiger partial charge in [0, 0.05) is 12.7 Å². The Balaban J connectivity index is 1.90. The Hall–Kier alpha value is -2.21. The monoisotopic (exact) mass is 276 g/mol. The molecule has 0 saturated heterocycles. The molecule has 1 aliphatic heterocycles. The average Bonchev–Trinajstić information content (AvgIpc) is 2.81. The first-order chi connectivity index (χ1) is 9.13. The number of nitrogens with zero attached hydrogens (tertiary/aromatic N) is 4. The Kier molecular flexibility index (Phi) is 2.79. The van der Waals surface area contributed by atoms with Crippen LogP contribution in [-0.2, 0) is 13.1 Å². The van der Waals surface area contributed by atoms with Crippen LogP contribution in [0.3, 0.4) is 0 Å². The summed E-state index contributed by atoms with van der Waals surface area (Å²) in [5.41, 5.74) is 1.90. The molecule has 0 amide bonds. The Morgan fingerprint density at radius 2 is 2.11 bits per heavy atom. The SMILES string of the molecule is O=C(O)c1ccnc(N2Cc3ccc(Cl)nc3C2)n1. The minimum atomic E-state index is -1.07. The lowest BCUT2D eigenvalue weighted by molar-refractivity contribution is 0.0690. The molecule has 3 heterocycles. The molecule has 96 valence electrons. The number of halogens is 1. The Morgan fingerprint density at radius 3 is 2.89 bits per heavy atom. The van der Waals surface area contributed by atoms with Gasteiger partial charge in [-0.15, -0.1) is 0 Å². The summed E-state index contributed by atoms with van der Waals surface area (Å²) in [6.45, 7) is 1.13. The molecule has 0 radical (unpaired) electrons. The lowest BCUT2D eigenvalue weighted by Crippen LogP contribution is -2.19. The van der Waals surface area contributed by atoms with Gasteiger partial charge in [-0.3, -0.25) is 0 Å². The van der Waals surface area contributed by atoms with Crippen LogP contribution in [-0.4, -0.2) is 26.0 Å². The predicted molar refractivity (Wildman–Crippen MR) is 68.1 cm³/mol. The number of carboxylic acids is 1. The molecule has 6 nitrogen and oxygen atoms in total. The van der Waals surface area contributed by atoms with Gasteiger partial charge < -0.3 is 10.0 Å². The van der Waals surface area contributed by atoms with Crippen molar-refractivity contribution in [3.05, 3.63) is 46.5 Å². The summed E-state index contributed by atoms with van der Waals surface area (Å²) in [5, 5.41) is 9.37. The Bertz CT molecular complexity index is 662. The number of fused-ring (bicyclic) bond motifs is 1. The van der Waals surface area contributed by atoms with Crippen LogP contribution in [0, 0.1) is 0 Å². The molecular weight excluding hydrogens is 268 g/mol. The largest absolute Gasteiger partial charge is 0.477 e. The fraction of sp³-hybridized carbons (Fsp3) is 0.167. The minimum Gasteiger partial charge on any atom is -0.477 e. The van der Waals surface area contributed by atoms with Gasteiger partial charge in [0.1, 0.15) is 5.15 Å². The van der Waals surface area contributed by atoms with Crippen LogP contribution in [0.4, 0.5) is 5.95 Å². The topological polar surface area (TPSA) is 79.2 Å². The zero-order valence-electron chi connectivity index (χ0n) is 9.75. The van der Waals surface area contributed by atoms with E-state index in [1.54, 1.807) is 6.07 Å². The van der Waals surface area contributed by atoms with E-state index in [1.807, 2.05) is 11.0 Å². The van der Waals surface area contributed by atoms with Crippen molar-refractivity contribution in [1.29, 1.82) is 0 Å². The molecule has 0 aliphatic carbocycles. The van der Waals surface area contributed by atoms with Crippen LogP contribution in [0.2, 0.25) is 5.15 Å². The molecule has 0 bridgehead atoms. The third-order valence-corrected chi connectivity index (χ3v) is 3.09. The Morgan fingerprint density at radius 1 is 1.26 bits per heavy atom. The van der Waals surface area contributed by atoms with Crippen LogP contribution in [0.5, 0.6) is 0 Å². The summed E-state index contributed by atoms with van der Waals surface area (Å²) in [6.07, 6.45) is 1.44. The van der Waals surface area contributed by atoms with Gasteiger partial charge in [0.2, 0.25) is 5.95 Å². The second kappa shape index (κ2) is 4.47. The van der Waals surface area contributed by atoms with Gasteiger partial charge in [0.05, 0.1) is 12.2 Å². The van der Waals surface area contributed by atoms with Gasteiger partial charge in [0.15, 0.2) is 5.69 Å². The van der Waals surface area contributed by atoms with Crippen molar-refractivity contribution in [3.63, 3.8) is 0 Å². The maximum Gasteiger partial charge on any atom is 0.354 e. The molecule has 1 N–H and O–H groups in total. The molecule has 0 spiro atoms. The van der Waals surface area contributed by atoms with E-state index in [-0.39, 0.29) is 5.69 Å². The van der Waals surface area contributed by atoms with Gasteiger partial charge in [0.25, 0.3) is 0 Å². The molecule has 0 atom stereocenters. The van der Waals surface area contributed by atoms with Gasteiger partial charge in [-0.1, -0.05) is 17.7 Å². The van der Waals surface area contributed by atoms with E-state index >= 15 is 0 Å². The van der Waals surface area contributed by atoms with Crippen molar-refractivity contribution in [2.45, 2.75) is 13.1 Å². The third kappa shape index (κ3) is 2.22. The number of rotatable bonds is 2. The van der Waals surface area contributed by atoms with Crippen molar-refractivity contribution in [3.8, 4) is 0 Å². The van der Waals surface area contributed by atoms with Gasteiger partial charge in [-0.2, -0.15) is 0 Å². The number of hydrogen-bond acceptors (Lipinski definition) is 5. The summed E-state index contributed by atoms with van der Waals surface area (Å²) >= 11 is 5.85. The molecular formula is C12H9ClN4O2. The highest BCUT2D eigenvalue weighted by molar-refractivity contribution is 6.29. The number of carboxylic acid groups (broad SMARTS) is 1. The fourth-order valence-corrected chi connectivity index (χ4v) is 2.15. The van der Waals surface area contributed by atoms with Crippen molar-refractivity contribution < 1.29 is 9.90 Å². The second-order valence-electron chi connectivity index (χ2n) is 4.14. The highest BCUT2D eigenvalue weighted by Gasteiger charge is 2.23. The number of anilines is 1. The molecule has 0 saturated carbocycles. The smallest absolute Gasteiger partial charge is 0.354 e. The van der Waals surface area contributed by atoms with Gasteiger partial charge in [-0.05, 0) is 17.7 Å². The first-order valence-electron chi connectivity index (χ1n) is 5.59. The number of aromatic nitrogens is 3. The molecule has 2 aromatic heterocycles. The molecule has 2 aromatic rings. The van der Waals surface area contributed by atoms with E-state index < -0.39 is 5.97 Å². The summed E-state index contributed by atoms with van der Waals surface area (Å²) in [5.74, 6) is -0.685. The van der Waals surface area contributed by atoms with E-state index in [4.69, 9.17) is 16.7 Å². The zero-order valence-corrected chi connectivity index (χ0v) is 10.5. The Labute approximate surface area is 113 Å². The van der Waals surface area contributed by atoms with Crippen LogP contribution >= 0.6 is 11.6 Å². The van der Waals surface area contributed by atoms with Crippen molar-refractivity contribution in [1.82, 2.24) is 15.0 Å². The maximum atomic E-state index is 10.9. The number of carbonyl (C=O) groups is 1. The molecule has 0 unspecified atom stereocenters. The number of hydrogen-bond donors (Lipinski definition) is 1. The first-order valence-corrected chi connectivity index (χ1v) is 5.97. The molecule has 0 aromatic carbocycles. The predicted octanol–water partition coefficient (Wildman–Crippen LogP) is 1.74. The van der Waals surface area contributed by atoms with Crippen molar-refractivity contribution >= 4 is 23.5 Å². The van der Waals surface area contributed by atoms with E-state index in [0.717, 1.165) is 11.3 Å². The third-order valence-electron chi connectivity index (χ3n) is 2.88. The molecule has 19 heavy (non-hydrogen) atoms. The van der Waals surface area contributed by atoms with Crippen LogP contribution in [0.25, 0.3) is 0 Å². The van der Waals surface area contributed by atoms with E-state index in [2.05, 4.69) is 15.0 Å². The summed E-state index contributed by atoms with van der Waals surface area (Å²) in [4.78, 5) is 25.1. The van der Waals surface area contributed by atoms with Gasteiger partial charge >= 0.3 is 5.97 Å². The number of pyridine rings is 1. The zero-order chi connectivity index (χ0) is 13.4. The highest BCUT2D eigenvalue weighted by Crippen LogP contribution is 2.25. The van der Waals surface area contributed by atoms with E-state index in [1.165, 1.54) is 12.3 Å². The summed E-state index contributed by atoms with van der Waals surface area (Å²) < 4.78 is 0. The number of aromatic carboxylic acids is 1.